The molecular weight excluding hydrogens is 580 g/mol. The summed E-state index contributed by atoms with van der Waals surface area (Å²) in [6, 6.07) is 7.10. The van der Waals surface area contributed by atoms with Crippen LogP contribution in [0, 0.1) is 11.8 Å². The van der Waals surface area contributed by atoms with E-state index < -0.39 is 23.8 Å². The van der Waals surface area contributed by atoms with E-state index in [0.717, 1.165) is 15.6 Å². The first-order valence-corrected chi connectivity index (χ1v) is 14.5. The Morgan fingerprint density at radius 1 is 0.884 bits per heavy atom. The minimum absolute atomic E-state index is 0.0744. The molecule has 2 N–H and O–H groups in total. The molecule has 0 saturated heterocycles. The maximum absolute atomic E-state index is 12.6. The molecule has 12 nitrogen and oxygen atoms in total. The number of carbonyl (C=O) groups excluding carboxylic acids is 2. The highest BCUT2D eigenvalue weighted by Crippen LogP contribution is 2.37. The number of hydrogen-bond acceptors (Lipinski definition) is 10. The van der Waals surface area contributed by atoms with Gasteiger partial charge in [-0.2, -0.15) is 0 Å². The molecule has 1 amide bonds. The van der Waals surface area contributed by atoms with Crippen LogP contribution in [0.1, 0.15) is 54.0 Å². The molecule has 43 heavy (non-hydrogen) atoms. The Kier molecular flexibility index (Phi) is 10.1. The molecule has 3 heterocycles. The summed E-state index contributed by atoms with van der Waals surface area (Å²) >= 11 is 1.28. The Balaban J connectivity index is 1.34. The number of ketones is 1. The van der Waals surface area contributed by atoms with E-state index >= 15 is 0 Å². The van der Waals surface area contributed by atoms with Crippen LogP contribution < -0.4 is 18.9 Å². The Labute approximate surface area is 252 Å². The first kappa shape index (κ1) is 31.5. The van der Waals surface area contributed by atoms with Gasteiger partial charge >= 0.3 is 11.9 Å². The van der Waals surface area contributed by atoms with Crippen LogP contribution in [0.4, 0.5) is 0 Å². The largest absolute Gasteiger partial charge is 0.493 e. The average molecular weight is 615 g/mol. The number of rotatable bonds is 15. The number of pyridine rings is 1. The molecule has 0 fully saturated rings. The highest BCUT2D eigenvalue weighted by atomic mass is 32.1. The van der Waals surface area contributed by atoms with Gasteiger partial charge in [-0.05, 0) is 29.1 Å². The lowest BCUT2D eigenvalue weighted by atomic mass is 10.0. The zero-order chi connectivity index (χ0) is 31.3. The molecule has 2 aromatic heterocycles. The van der Waals surface area contributed by atoms with Crippen molar-refractivity contribution in [1.29, 1.82) is 0 Å². The van der Waals surface area contributed by atoms with Gasteiger partial charge in [0.05, 0.1) is 56.4 Å². The number of amides is 1. The SMILES string of the molecule is COc1cc2sc(C(=O)C[C@H](C)C(=O)O)cc2cc1OCCCOc1nc2c(cc1OC)CN(C(=O)C[C@H](C)C(=O)O)C2. The number of fused-ring (bicyclic) bond motifs is 2. The van der Waals surface area contributed by atoms with E-state index in [1.807, 2.05) is 0 Å². The number of nitrogens with zero attached hydrogens (tertiary/aromatic N) is 2. The maximum Gasteiger partial charge on any atom is 0.306 e. The minimum atomic E-state index is -1.01. The summed E-state index contributed by atoms with van der Waals surface area (Å²) in [5.41, 5.74) is 1.49. The van der Waals surface area contributed by atoms with Crippen LogP contribution in [0.3, 0.4) is 0 Å². The molecule has 230 valence electrons. The smallest absolute Gasteiger partial charge is 0.306 e. The lowest BCUT2D eigenvalue weighted by molar-refractivity contribution is -0.145. The molecule has 0 unspecified atom stereocenters. The van der Waals surface area contributed by atoms with E-state index in [9.17, 15) is 19.2 Å². The molecule has 1 aromatic carbocycles. The van der Waals surface area contributed by atoms with Crippen molar-refractivity contribution >= 4 is 45.1 Å². The summed E-state index contributed by atoms with van der Waals surface area (Å²) in [7, 11) is 3.03. The zero-order valence-corrected chi connectivity index (χ0v) is 25.2. The summed E-state index contributed by atoms with van der Waals surface area (Å²) in [5, 5.41) is 19.0. The quantitative estimate of drug-likeness (QED) is 0.184. The van der Waals surface area contributed by atoms with Gasteiger partial charge in [-0.3, -0.25) is 19.2 Å². The van der Waals surface area contributed by atoms with E-state index in [0.29, 0.717) is 53.3 Å². The Morgan fingerprint density at radius 3 is 2.23 bits per heavy atom. The molecule has 2 atom stereocenters. The third-order valence-corrected chi connectivity index (χ3v) is 8.21. The molecule has 0 aliphatic carbocycles. The van der Waals surface area contributed by atoms with Gasteiger partial charge in [0.25, 0.3) is 5.88 Å². The first-order chi connectivity index (χ1) is 20.5. The van der Waals surface area contributed by atoms with Gasteiger partial charge in [0, 0.05) is 36.6 Å². The van der Waals surface area contributed by atoms with Crippen LogP contribution in [0.25, 0.3) is 10.1 Å². The fourth-order valence-corrected chi connectivity index (χ4v) is 5.53. The predicted molar refractivity (Wildman–Crippen MR) is 156 cm³/mol. The number of thiophene rings is 1. The predicted octanol–water partition coefficient (Wildman–Crippen LogP) is 4.41. The van der Waals surface area contributed by atoms with Crippen molar-refractivity contribution in [3.05, 3.63) is 40.4 Å². The van der Waals surface area contributed by atoms with Crippen molar-refractivity contribution in [2.75, 3.05) is 27.4 Å². The van der Waals surface area contributed by atoms with E-state index in [2.05, 4.69) is 4.98 Å². The summed E-state index contributed by atoms with van der Waals surface area (Å²) in [4.78, 5) is 54.0. The highest BCUT2D eigenvalue weighted by Gasteiger charge is 2.29. The Hall–Kier alpha value is -4.39. The summed E-state index contributed by atoms with van der Waals surface area (Å²) in [6.45, 7) is 4.16. The standard InChI is InChI=1S/C30H34N2O10S/c1-16(29(35)36)8-21(33)26-12-18-10-23(22(39-3)13-25(18)43-26)41-6-5-7-42-28-24(40-4)11-19-14-32(15-20(19)31-28)27(34)9-17(2)30(37)38/h10-13,16-17H,5-9,14-15H2,1-4H3,(H,35,36)(H,37,38)/t16-,17-/m0/s1. The summed E-state index contributed by atoms with van der Waals surface area (Å²) < 4.78 is 23.6. The molecule has 0 saturated carbocycles. The number of benzene rings is 1. The second-order valence-electron chi connectivity index (χ2n) is 10.4. The number of carboxylic acids is 2. The monoisotopic (exact) mass is 614 g/mol. The third-order valence-electron chi connectivity index (χ3n) is 7.08. The van der Waals surface area contributed by atoms with Crippen LogP contribution >= 0.6 is 11.3 Å². The molecule has 4 rings (SSSR count). The van der Waals surface area contributed by atoms with E-state index in [-0.39, 0.29) is 37.7 Å². The van der Waals surface area contributed by atoms with Crippen LogP contribution in [0.2, 0.25) is 0 Å². The topological polar surface area (TPSA) is 162 Å². The molecule has 13 heteroatoms. The normalized spacial score (nSPS) is 13.7. The third kappa shape index (κ3) is 7.53. The fourth-order valence-electron chi connectivity index (χ4n) is 4.51. The van der Waals surface area contributed by atoms with Gasteiger partial charge in [0.15, 0.2) is 23.0 Å². The van der Waals surface area contributed by atoms with Gasteiger partial charge < -0.3 is 34.1 Å². The number of Topliss-reactive ketones (excluding diaryl/α,β-unsaturated/α-hetero) is 1. The molecule has 1 aliphatic rings. The average Bonchev–Trinajstić information content (AvgIpc) is 3.59. The van der Waals surface area contributed by atoms with Crippen molar-refractivity contribution in [3.63, 3.8) is 0 Å². The van der Waals surface area contributed by atoms with Gasteiger partial charge in [0.1, 0.15) is 0 Å². The van der Waals surface area contributed by atoms with E-state index in [4.69, 9.17) is 29.2 Å². The molecular formula is C30H34N2O10S. The number of carboxylic acid groups (broad SMARTS) is 2. The van der Waals surface area contributed by atoms with Gasteiger partial charge in [-0.1, -0.05) is 13.8 Å². The molecule has 0 radical (unpaired) electrons. The summed E-state index contributed by atoms with van der Waals surface area (Å²) in [6.07, 6.45) is 0.343. The number of carbonyl (C=O) groups is 4. The van der Waals surface area contributed by atoms with Crippen molar-refractivity contribution in [3.8, 4) is 23.1 Å². The molecule has 3 aromatic rings. The van der Waals surface area contributed by atoms with E-state index in [1.165, 1.54) is 39.4 Å². The number of methoxy groups -OCH3 is 2. The molecule has 1 aliphatic heterocycles. The van der Waals surface area contributed by atoms with Gasteiger partial charge in [-0.25, -0.2) is 4.98 Å². The van der Waals surface area contributed by atoms with Crippen molar-refractivity contribution in [2.24, 2.45) is 11.8 Å². The number of ether oxygens (including phenoxy) is 4. The number of hydrogen-bond donors (Lipinski definition) is 2. The van der Waals surface area contributed by atoms with Crippen LogP contribution in [-0.4, -0.2) is 71.2 Å². The van der Waals surface area contributed by atoms with E-state index in [1.54, 1.807) is 29.2 Å². The van der Waals surface area contributed by atoms with Crippen LogP contribution in [0.5, 0.6) is 23.1 Å². The second-order valence-corrected chi connectivity index (χ2v) is 11.4. The summed E-state index contributed by atoms with van der Waals surface area (Å²) in [5.74, 6) is -2.30. The maximum atomic E-state index is 12.6. The Morgan fingerprint density at radius 2 is 1.56 bits per heavy atom. The number of aliphatic carboxylic acids is 2. The molecule has 0 spiro atoms. The minimum Gasteiger partial charge on any atom is -0.493 e. The first-order valence-electron chi connectivity index (χ1n) is 13.7. The molecule has 0 bridgehead atoms. The van der Waals surface area contributed by atoms with Gasteiger partial charge in [0.2, 0.25) is 5.91 Å². The second kappa shape index (κ2) is 13.7. The van der Waals surface area contributed by atoms with Crippen molar-refractivity contribution < 1.29 is 48.3 Å². The Bertz CT molecular complexity index is 1530. The zero-order valence-electron chi connectivity index (χ0n) is 24.4. The lowest BCUT2D eigenvalue weighted by Gasteiger charge is -2.16. The van der Waals surface area contributed by atoms with Crippen LogP contribution in [0.15, 0.2) is 24.3 Å². The lowest BCUT2D eigenvalue weighted by Crippen LogP contribution is -2.28. The highest BCUT2D eigenvalue weighted by molar-refractivity contribution is 7.20. The number of aromatic nitrogens is 1. The van der Waals surface area contributed by atoms with Gasteiger partial charge in [-0.15, -0.1) is 11.3 Å². The van der Waals surface area contributed by atoms with Crippen molar-refractivity contribution in [1.82, 2.24) is 9.88 Å². The fraction of sp³-hybridized carbons (Fsp3) is 0.433. The van der Waals surface area contributed by atoms with Crippen molar-refractivity contribution in [2.45, 2.75) is 46.2 Å². The van der Waals surface area contributed by atoms with Crippen LogP contribution in [-0.2, 0) is 27.5 Å².